The van der Waals surface area contributed by atoms with E-state index in [2.05, 4.69) is 0 Å². The standard InChI is InChI=1S/C20H16O6/c1-11(20(23)24)26-16-8-7-12(10-17(16)25-2)9-15-18(21)13-5-3-4-6-14(13)19(15)22/h3-11H,1-2H3,(H,23,24)/t11-/m0/s1. The summed E-state index contributed by atoms with van der Waals surface area (Å²) in [6.45, 7) is 1.41. The van der Waals surface area contributed by atoms with Crippen molar-refractivity contribution in [2.75, 3.05) is 7.11 Å². The van der Waals surface area contributed by atoms with Crippen LogP contribution in [0.5, 0.6) is 11.5 Å². The number of allylic oxidation sites excluding steroid dienone is 1. The number of aliphatic carboxylic acids is 1. The van der Waals surface area contributed by atoms with Crippen molar-refractivity contribution >= 4 is 23.6 Å². The molecule has 0 saturated carbocycles. The Morgan fingerprint density at radius 1 is 1.04 bits per heavy atom. The number of carbonyl (C=O) groups is 3. The van der Waals surface area contributed by atoms with Gasteiger partial charge in [-0.25, -0.2) is 4.79 Å². The van der Waals surface area contributed by atoms with Gasteiger partial charge in [0.25, 0.3) is 0 Å². The van der Waals surface area contributed by atoms with Crippen LogP contribution in [-0.2, 0) is 4.79 Å². The van der Waals surface area contributed by atoms with E-state index >= 15 is 0 Å². The van der Waals surface area contributed by atoms with Crippen molar-refractivity contribution in [3.05, 3.63) is 64.7 Å². The highest BCUT2D eigenvalue weighted by Crippen LogP contribution is 2.32. The van der Waals surface area contributed by atoms with Gasteiger partial charge in [0.2, 0.25) is 0 Å². The summed E-state index contributed by atoms with van der Waals surface area (Å²) in [5.74, 6) is -1.16. The van der Waals surface area contributed by atoms with E-state index in [0.717, 1.165) is 0 Å². The SMILES string of the molecule is COc1cc(C=C2C(=O)c3ccccc3C2=O)ccc1O[C@@H](C)C(=O)O. The molecule has 2 aromatic rings. The molecule has 6 heteroatoms. The second kappa shape index (κ2) is 6.84. The number of hydrogen-bond acceptors (Lipinski definition) is 5. The Morgan fingerprint density at radius 3 is 2.19 bits per heavy atom. The minimum atomic E-state index is -1.10. The fourth-order valence-electron chi connectivity index (χ4n) is 2.68. The van der Waals surface area contributed by atoms with E-state index in [-0.39, 0.29) is 22.9 Å². The van der Waals surface area contributed by atoms with Crippen LogP contribution in [0.15, 0.2) is 48.0 Å². The summed E-state index contributed by atoms with van der Waals surface area (Å²) in [6, 6.07) is 11.4. The van der Waals surface area contributed by atoms with Crippen LogP contribution >= 0.6 is 0 Å². The molecule has 0 unspecified atom stereocenters. The molecule has 0 heterocycles. The fraction of sp³-hybridized carbons (Fsp3) is 0.150. The van der Waals surface area contributed by atoms with Crippen LogP contribution in [0.3, 0.4) is 0 Å². The summed E-state index contributed by atoms with van der Waals surface area (Å²) in [5.41, 5.74) is 1.44. The maximum Gasteiger partial charge on any atom is 0.344 e. The van der Waals surface area contributed by atoms with Gasteiger partial charge >= 0.3 is 5.97 Å². The second-order valence-electron chi connectivity index (χ2n) is 5.77. The molecule has 2 aromatic carbocycles. The van der Waals surface area contributed by atoms with Gasteiger partial charge in [0.15, 0.2) is 29.2 Å². The van der Waals surface area contributed by atoms with Crippen molar-refractivity contribution in [1.82, 2.24) is 0 Å². The van der Waals surface area contributed by atoms with Crippen LogP contribution in [0.2, 0.25) is 0 Å². The van der Waals surface area contributed by atoms with Gasteiger partial charge in [-0.2, -0.15) is 0 Å². The van der Waals surface area contributed by atoms with E-state index in [1.54, 1.807) is 42.5 Å². The molecular weight excluding hydrogens is 336 g/mol. The average molecular weight is 352 g/mol. The predicted molar refractivity (Wildman–Crippen MR) is 93.8 cm³/mol. The molecule has 0 bridgehead atoms. The smallest absolute Gasteiger partial charge is 0.344 e. The lowest BCUT2D eigenvalue weighted by molar-refractivity contribution is -0.144. The molecule has 0 fully saturated rings. The van der Waals surface area contributed by atoms with Gasteiger partial charge in [-0.15, -0.1) is 0 Å². The number of benzene rings is 2. The molecule has 132 valence electrons. The molecule has 0 saturated heterocycles. The number of Topliss-reactive ketones (excluding diaryl/α,β-unsaturated/α-hetero) is 2. The largest absolute Gasteiger partial charge is 0.493 e. The van der Waals surface area contributed by atoms with Crippen molar-refractivity contribution in [2.45, 2.75) is 13.0 Å². The molecule has 1 aliphatic rings. The molecule has 3 rings (SSSR count). The lowest BCUT2D eigenvalue weighted by atomic mass is 10.1. The van der Waals surface area contributed by atoms with Crippen molar-refractivity contribution in [3.63, 3.8) is 0 Å². The van der Waals surface area contributed by atoms with Crippen molar-refractivity contribution in [1.29, 1.82) is 0 Å². The Hall–Kier alpha value is -3.41. The van der Waals surface area contributed by atoms with Gasteiger partial charge in [-0.05, 0) is 30.7 Å². The third-order valence-corrected chi connectivity index (χ3v) is 4.06. The van der Waals surface area contributed by atoms with Crippen LogP contribution in [0, 0.1) is 0 Å². The number of methoxy groups -OCH3 is 1. The first kappa shape index (κ1) is 17.4. The van der Waals surface area contributed by atoms with Gasteiger partial charge in [0, 0.05) is 11.1 Å². The normalized spacial score (nSPS) is 14.0. The molecule has 1 aliphatic carbocycles. The molecule has 0 radical (unpaired) electrons. The van der Waals surface area contributed by atoms with Gasteiger partial charge in [0.1, 0.15) is 0 Å². The number of ether oxygens (including phenoxy) is 2. The lowest BCUT2D eigenvalue weighted by Gasteiger charge is -2.14. The van der Waals surface area contributed by atoms with Crippen molar-refractivity contribution in [2.24, 2.45) is 0 Å². The molecule has 0 aromatic heterocycles. The molecule has 1 atom stereocenters. The van der Waals surface area contributed by atoms with Crippen LogP contribution in [0.25, 0.3) is 6.08 Å². The number of carboxylic acid groups (broad SMARTS) is 1. The number of carbonyl (C=O) groups excluding carboxylic acids is 2. The summed E-state index contributed by atoms with van der Waals surface area (Å²) in [6.07, 6.45) is 0.456. The molecular formula is C20H16O6. The predicted octanol–water partition coefficient (Wildman–Crippen LogP) is 3.01. The minimum Gasteiger partial charge on any atom is -0.493 e. The van der Waals surface area contributed by atoms with E-state index in [4.69, 9.17) is 14.6 Å². The first-order valence-electron chi connectivity index (χ1n) is 7.90. The lowest BCUT2D eigenvalue weighted by Crippen LogP contribution is -2.23. The number of hydrogen-bond donors (Lipinski definition) is 1. The number of rotatable bonds is 5. The molecule has 0 spiro atoms. The fourth-order valence-corrected chi connectivity index (χ4v) is 2.68. The minimum absolute atomic E-state index is 0.0841. The summed E-state index contributed by atoms with van der Waals surface area (Å²) >= 11 is 0. The number of ketones is 2. The summed E-state index contributed by atoms with van der Waals surface area (Å²) < 4.78 is 10.6. The quantitative estimate of drug-likeness (QED) is 0.657. The topological polar surface area (TPSA) is 89.9 Å². The highest BCUT2D eigenvalue weighted by Gasteiger charge is 2.32. The van der Waals surface area contributed by atoms with Crippen molar-refractivity contribution in [3.8, 4) is 11.5 Å². The van der Waals surface area contributed by atoms with E-state index in [1.807, 2.05) is 0 Å². The first-order valence-corrected chi connectivity index (χ1v) is 7.90. The first-order chi connectivity index (χ1) is 12.4. The Balaban J connectivity index is 1.94. The van der Waals surface area contributed by atoms with Crippen LogP contribution in [0.1, 0.15) is 33.2 Å². The number of carboxylic acids is 1. The number of fused-ring (bicyclic) bond motifs is 1. The Labute approximate surface area is 149 Å². The summed E-state index contributed by atoms with van der Waals surface area (Å²) in [5, 5.41) is 8.95. The molecule has 6 nitrogen and oxygen atoms in total. The zero-order valence-corrected chi connectivity index (χ0v) is 14.2. The maximum absolute atomic E-state index is 12.4. The molecule has 0 aliphatic heterocycles. The molecule has 1 N–H and O–H groups in total. The molecule has 0 amide bonds. The maximum atomic E-state index is 12.4. The van der Waals surface area contributed by atoms with Crippen LogP contribution in [-0.4, -0.2) is 35.9 Å². The van der Waals surface area contributed by atoms with Gasteiger partial charge in [-0.3, -0.25) is 9.59 Å². The monoisotopic (exact) mass is 352 g/mol. The average Bonchev–Trinajstić information content (AvgIpc) is 2.88. The van der Waals surface area contributed by atoms with Gasteiger partial charge in [0.05, 0.1) is 12.7 Å². The highest BCUT2D eigenvalue weighted by atomic mass is 16.5. The van der Waals surface area contributed by atoms with E-state index in [1.165, 1.54) is 20.1 Å². The van der Waals surface area contributed by atoms with Gasteiger partial charge in [-0.1, -0.05) is 30.3 Å². The van der Waals surface area contributed by atoms with Crippen LogP contribution in [0.4, 0.5) is 0 Å². The highest BCUT2D eigenvalue weighted by molar-refractivity contribution is 6.41. The molecule has 26 heavy (non-hydrogen) atoms. The Kier molecular flexibility index (Phi) is 4.58. The zero-order valence-electron chi connectivity index (χ0n) is 14.2. The Morgan fingerprint density at radius 2 is 1.65 bits per heavy atom. The van der Waals surface area contributed by atoms with Crippen LogP contribution < -0.4 is 9.47 Å². The van der Waals surface area contributed by atoms with E-state index in [0.29, 0.717) is 22.4 Å². The van der Waals surface area contributed by atoms with E-state index in [9.17, 15) is 14.4 Å². The summed E-state index contributed by atoms with van der Waals surface area (Å²) in [4.78, 5) is 35.8. The van der Waals surface area contributed by atoms with Crippen molar-refractivity contribution < 1.29 is 29.0 Å². The zero-order chi connectivity index (χ0) is 18.8. The van der Waals surface area contributed by atoms with E-state index < -0.39 is 12.1 Å². The Bertz CT molecular complexity index is 904. The second-order valence-corrected chi connectivity index (χ2v) is 5.77. The third-order valence-electron chi connectivity index (χ3n) is 4.06. The summed E-state index contributed by atoms with van der Waals surface area (Å²) in [7, 11) is 1.42. The third kappa shape index (κ3) is 3.09. The van der Waals surface area contributed by atoms with Gasteiger partial charge < -0.3 is 14.6 Å².